The van der Waals surface area contributed by atoms with E-state index in [-0.39, 0.29) is 22.4 Å². The van der Waals surface area contributed by atoms with Gasteiger partial charge in [-0.2, -0.15) is 0 Å². The lowest BCUT2D eigenvalue weighted by atomic mass is 10.4. The number of carbonyl (C=O) groups excluding carboxylic acids is 1. The molecule has 0 atom stereocenters. The Kier molecular flexibility index (Phi) is 3.52. The molecule has 2 heterocycles. The summed E-state index contributed by atoms with van der Waals surface area (Å²) in [7, 11) is 0. The minimum Gasteiger partial charge on any atom is -0.296 e. The Labute approximate surface area is 107 Å². The van der Waals surface area contributed by atoms with Crippen LogP contribution in [-0.4, -0.2) is 32.1 Å². The Balaban J connectivity index is 2.82. The van der Waals surface area contributed by atoms with E-state index in [4.69, 9.17) is 0 Å². The highest BCUT2D eigenvalue weighted by molar-refractivity contribution is 7.98. The van der Waals surface area contributed by atoms with Crippen molar-refractivity contribution in [3.63, 3.8) is 0 Å². The first-order chi connectivity index (χ1) is 8.71. The van der Waals surface area contributed by atoms with Crippen molar-refractivity contribution in [1.82, 2.24) is 19.5 Å². The minimum atomic E-state index is -0.319. The second-order valence-electron chi connectivity index (χ2n) is 3.39. The molecule has 7 heteroatoms. The molecule has 0 N–H and O–H groups in total. The average molecular weight is 262 g/mol. The van der Waals surface area contributed by atoms with E-state index in [0.29, 0.717) is 18.0 Å². The molecule has 2 rings (SSSR count). The number of aldehydes is 1. The summed E-state index contributed by atoms with van der Waals surface area (Å²) in [6, 6.07) is 0. The van der Waals surface area contributed by atoms with Crippen LogP contribution in [0.25, 0.3) is 11.2 Å². The van der Waals surface area contributed by atoms with Gasteiger partial charge in [0.15, 0.2) is 22.6 Å². The number of fused-ring (bicyclic) bond motifs is 1. The van der Waals surface area contributed by atoms with Crippen LogP contribution in [0.15, 0.2) is 28.8 Å². The molecule has 18 heavy (non-hydrogen) atoms. The van der Waals surface area contributed by atoms with Crippen molar-refractivity contribution in [2.45, 2.75) is 11.7 Å². The maximum atomic E-state index is 12.2. The van der Waals surface area contributed by atoms with Gasteiger partial charge in [-0.1, -0.05) is 17.8 Å². The maximum absolute atomic E-state index is 12.2. The molecule has 0 aliphatic carbocycles. The molecule has 0 saturated carbocycles. The van der Waals surface area contributed by atoms with Crippen molar-refractivity contribution in [2.24, 2.45) is 0 Å². The zero-order valence-corrected chi connectivity index (χ0v) is 10.5. The Morgan fingerprint density at radius 2 is 2.28 bits per heavy atom. The third-order valence-corrected chi connectivity index (χ3v) is 2.94. The molecule has 0 amide bonds. The third kappa shape index (κ3) is 2.04. The second kappa shape index (κ2) is 5.09. The van der Waals surface area contributed by atoms with Crippen LogP contribution >= 0.6 is 11.8 Å². The zero-order chi connectivity index (χ0) is 13.1. The molecule has 2 aromatic heterocycles. The number of thioether (sulfide) groups is 1. The van der Waals surface area contributed by atoms with E-state index in [2.05, 4.69) is 21.5 Å². The van der Waals surface area contributed by atoms with Crippen LogP contribution < -0.4 is 5.56 Å². The lowest BCUT2D eigenvalue weighted by molar-refractivity contribution is 0.111. The van der Waals surface area contributed by atoms with Crippen LogP contribution in [-0.2, 0) is 6.54 Å². The predicted octanol–water partition coefficient (Wildman–Crippen LogP) is 0.907. The summed E-state index contributed by atoms with van der Waals surface area (Å²) in [5.41, 5.74) is 0.137. The van der Waals surface area contributed by atoms with E-state index in [0.717, 1.165) is 0 Å². The van der Waals surface area contributed by atoms with Crippen LogP contribution in [0.3, 0.4) is 0 Å². The molecule has 0 aromatic carbocycles. The fourth-order valence-corrected chi connectivity index (χ4v) is 2.05. The van der Waals surface area contributed by atoms with Crippen molar-refractivity contribution in [3.8, 4) is 0 Å². The summed E-state index contributed by atoms with van der Waals surface area (Å²) in [6.07, 6.45) is 5.27. The summed E-state index contributed by atoms with van der Waals surface area (Å²) >= 11 is 1.34. The standard InChI is InChI=1S/C11H10N4O2S/c1-3-4-15-10(17)8-9(14-11(15)18-2)12-5-7(6-16)13-8/h3,5-6H,1,4H2,2H3. The second-order valence-corrected chi connectivity index (χ2v) is 4.16. The number of rotatable bonds is 4. The summed E-state index contributed by atoms with van der Waals surface area (Å²) in [5, 5.41) is 0.542. The zero-order valence-electron chi connectivity index (χ0n) is 9.66. The highest BCUT2D eigenvalue weighted by atomic mass is 32.2. The summed E-state index contributed by atoms with van der Waals surface area (Å²) in [6.45, 7) is 3.94. The molecular formula is C11H10N4O2S. The van der Waals surface area contributed by atoms with E-state index in [1.165, 1.54) is 22.5 Å². The summed E-state index contributed by atoms with van der Waals surface area (Å²) in [5.74, 6) is 0. The molecule has 0 spiro atoms. The van der Waals surface area contributed by atoms with Gasteiger partial charge in [0.25, 0.3) is 5.56 Å². The Hall–Kier alpha value is -2.02. The number of carbonyl (C=O) groups is 1. The first-order valence-corrected chi connectivity index (χ1v) is 6.31. The largest absolute Gasteiger partial charge is 0.296 e. The van der Waals surface area contributed by atoms with Crippen molar-refractivity contribution >= 4 is 29.2 Å². The first-order valence-electron chi connectivity index (χ1n) is 5.09. The lowest BCUT2D eigenvalue weighted by Crippen LogP contribution is -2.24. The van der Waals surface area contributed by atoms with Crippen LogP contribution in [0.1, 0.15) is 10.5 Å². The quantitative estimate of drug-likeness (QED) is 0.353. The van der Waals surface area contributed by atoms with Crippen molar-refractivity contribution in [1.29, 1.82) is 0 Å². The molecule has 2 aromatic rings. The average Bonchev–Trinajstić information content (AvgIpc) is 2.41. The van der Waals surface area contributed by atoms with E-state index in [1.807, 2.05) is 6.26 Å². The molecule has 0 radical (unpaired) electrons. The number of nitrogens with zero attached hydrogens (tertiary/aromatic N) is 4. The fourth-order valence-electron chi connectivity index (χ4n) is 1.49. The highest BCUT2D eigenvalue weighted by Crippen LogP contribution is 2.12. The van der Waals surface area contributed by atoms with Crippen molar-refractivity contribution in [2.75, 3.05) is 6.26 Å². The Bertz CT molecular complexity index is 681. The molecule has 6 nitrogen and oxygen atoms in total. The van der Waals surface area contributed by atoms with Gasteiger partial charge in [0.1, 0.15) is 5.69 Å². The molecular weight excluding hydrogens is 252 g/mol. The monoisotopic (exact) mass is 262 g/mol. The first kappa shape index (κ1) is 12.4. The van der Waals surface area contributed by atoms with Crippen LogP contribution in [0.2, 0.25) is 0 Å². The van der Waals surface area contributed by atoms with Gasteiger partial charge >= 0.3 is 0 Å². The number of hydrogen-bond acceptors (Lipinski definition) is 6. The Morgan fingerprint density at radius 1 is 1.50 bits per heavy atom. The van der Waals surface area contributed by atoms with Gasteiger partial charge in [-0.25, -0.2) is 15.0 Å². The van der Waals surface area contributed by atoms with E-state index >= 15 is 0 Å². The van der Waals surface area contributed by atoms with E-state index in [9.17, 15) is 9.59 Å². The predicted molar refractivity (Wildman–Crippen MR) is 69.0 cm³/mol. The topological polar surface area (TPSA) is 77.7 Å². The minimum absolute atomic E-state index is 0.0965. The molecule has 0 fully saturated rings. The molecule has 92 valence electrons. The molecule has 0 saturated heterocycles. The van der Waals surface area contributed by atoms with Crippen LogP contribution in [0.4, 0.5) is 0 Å². The third-order valence-electron chi connectivity index (χ3n) is 2.27. The normalized spacial score (nSPS) is 10.5. The highest BCUT2D eigenvalue weighted by Gasteiger charge is 2.12. The van der Waals surface area contributed by atoms with Gasteiger partial charge in [-0.05, 0) is 6.26 Å². The van der Waals surface area contributed by atoms with E-state index in [1.54, 1.807) is 6.08 Å². The smallest absolute Gasteiger partial charge is 0.282 e. The SMILES string of the molecule is C=CCn1c(SC)nc2ncc(C=O)nc2c1=O. The van der Waals surface area contributed by atoms with Crippen molar-refractivity contribution in [3.05, 3.63) is 34.9 Å². The van der Waals surface area contributed by atoms with E-state index < -0.39 is 0 Å². The Morgan fingerprint density at radius 3 is 2.89 bits per heavy atom. The molecule has 0 unspecified atom stereocenters. The molecule has 0 aliphatic rings. The van der Waals surface area contributed by atoms with Gasteiger partial charge in [-0.3, -0.25) is 14.2 Å². The number of allylic oxidation sites excluding steroid dienone is 1. The molecule has 0 aliphatic heterocycles. The number of aromatic nitrogens is 4. The van der Waals surface area contributed by atoms with Gasteiger partial charge in [-0.15, -0.1) is 6.58 Å². The molecule has 0 bridgehead atoms. The van der Waals surface area contributed by atoms with Crippen molar-refractivity contribution < 1.29 is 4.79 Å². The fraction of sp³-hybridized carbons (Fsp3) is 0.182. The number of hydrogen-bond donors (Lipinski definition) is 0. The summed E-state index contributed by atoms with van der Waals surface area (Å²) in [4.78, 5) is 35.0. The lowest BCUT2D eigenvalue weighted by Gasteiger charge is -2.08. The van der Waals surface area contributed by atoms with Gasteiger partial charge in [0, 0.05) is 6.54 Å². The van der Waals surface area contributed by atoms with Gasteiger partial charge in [0.2, 0.25) is 0 Å². The van der Waals surface area contributed by atoms with Crippen LogP contribution in [0, 0.1) is 0 Å². The van der Waals surface area contributed by atoms with Crippen LogP contribution in [0.5, 0.6) is 0 Å². The van der Waals surface area contributed by atoms with Gasteiger partial charge < -0.3 is 0 Å². The maximum Gasteiger partial charge on any atom is 0.282 e. The van der Waals surface area contributed by atoms with Gasteiger partial charge in [0.05, 0.1) is 6.20 Å². The summed E-state index contributed by atoms with van der Waals surface area (Å²) < 4.78 is 1.45.